The molecule has 3 rings (SSSR count). The van der Waals surface area contributed by atoms with Gasteiger partial charge in [-0.15, -0.1) is 0 Å². The smallest absolute Gasteiger partial charge is 0.291 e. The lowest BCUT2D eigenvalue weighted by Gasteiger charge is -2.08. The summed E-state index contributed by atoms with van der Waals surface area (Å²) in [6.07, 6.45) is 3.02. The zero-order valence-corrected chi connectivity index (χ0v) is 16.5. The lowest BCUT2D eigenvalue weighted by Crippen LogP contribution is -2.22. The summed E-state index contributed by atoms with van der Waals surface area (Å²) in [6, 6.07) is 10.5. The average molecular weight is 396 g/mol. The number of aryl methyl sites for hydroxylation is 1. The summed E-state index contributed by atoms with van der Waals surface area (Å²) in [7, 11) is 0. The van der Waals surface area contributed by atoms with Crippen LogP contribution in [0.3, 0.4) is 0 Å². The van der Waals surface area contributed by atoms with Crippen LogP contribution in [0, 0.1) is 0 Å². The van der Waals surface area contributed by atoms with Crippen LogP contribution in [0.2, 0.25) is 0 Å². The average Bonchev–Trinajstić information content (AvgIpc) is 3.39. The summed E-state index contributed by atoms with van der Waals surface area (Å²) in [5.74, 6) is 1.32. The van der Waals surface area contributed by atoms with Gasteiger partial charge in [-0.3, -0.25) is 9.59 Å². The van der Waals surface area contributed by atoms with Crippen molar-refractivity contribution >= 4 is 17.5 Å². The predicted octanol–water partition coefficient (Wildman–Crippen LogP) is 3.68. The first kappa shape index (κ1) is 20.3. The molecule has 2 heterocycles. The third-order valence-corrected chi connectivity index (χ3v) is 4.21. The van der Waals surface area contributed by atoms with Gasteiger partial charge in [0.05, 0.1) is 6.26 Å². The van der Waals surface area contributed by atoms with Crippen molar-refractivity contribution in [2.75, 3.05) is 5.32 Å². The van der Waals surface area contributed by atoms with Crippen LogP contribution in [0.5, 0.6) is 0 Å². The lowest BCUT2D eigenvalue weighted by atomic mass is 10.2. The fourth-order valence-corrected chi connectivity index (χ4v) is 2.65. The maximum atomic E-state index is 12.1. The lowest BCUT2D eigenvalue weighted by molar-refractivity contribution is -0.121. The molecule has 8 nitrogen and oxygen atoms in total. The van der Waals surface area contributed by atoms with Gasteiger partial charge in [0.15, 0.2) is 11.6 Å². The molecule has 152 valence electrons. The molecule has 3 aromatic rings. The Hall–Kier alpha value is -3.42. The molecule has 0 spiro atoms. The van der Waals surface area contributed by atoms with Gasteiger partial charge in [-0.25, -0.2) is 0 Å². The molecular formula is C21H24N4O4. The van der Waals surface area contributed by atoms with E-state index in [4.69, 9.17) is 8.94 Å². The summed E-state index contributed by atoms with van der Waals surface area (Å²) in [5, 5.41) is 9.56. The Morgan fingerprint density at radius 2 is 2.03 bits per heavy atom. The van der Waals surface area contributed by atoms with Crippen LogP contribution in [0.25, 0.3) is 0 Å². The summed E-state index contributed by atoms with van der Waals surface area (Å²) in [4.78, 5) is 28.4. The number of furan rings is 1. The Bertz CT molecular complexity index is 947. The first-order valence-electron chi connectivity index (χ1n) is 9.54. The minimum atomic E-state index is -0.321. The quantitative estimate of drug-likeness (QED) is 0.571. The standard InChI is InChI=1S/C21H24N4O4/c1-14(2)20-24-19(29-25-20)10-4-9-18(26)22-13-15-6-3-7-16(12-15)23-21(27)17-8-5-11-28-17/h3,5-8,11-12,14H,4,9-10,13H2,1-2H3,(H,22,26)(H,23,27). The summed E-state index contributed by atoms with van der Waals surface area (Å²) in [6.45, 7) is 4.38. The van der Waals surface area contributed by atoms with Gasteiger partial charge in [-0.1, -0.05) is 31.1 Å². The highest BCUT2D eigenvalue weighted by Crippen LogP contribution is 2.13. The van der Waals surface area contributed by atoms with Crippen LogP contribution >= 0.6 is 0 Å². The van der Waals surface area contributed by atoms with Crippen molar-refractivity contribution in [3.63, 3.8) is 0 Å². The van der Waals surface area contributed by atoms with Gasteiger partial charge in [0, 0.05) is 31.0 Å². The molecule has 29 heavy (non-hydrogen) atoms. The maximum absolute atomic E-state index is 12.1. The van der Waals surface area contributed by atoms with Crippen molar-refractivity contribution in [2.24, 2.45) is 0 Å². The first-order chi connectivity index (χ1) is 14.0. The minimum Gasteiger partial charge on any atom is -0.459 e. The van der Waals surface area contributed by atoms with Gasteiger partial charge in [0.25, 0.3) is 5.91 Å². The molecule has 0 unspecified atom stereocenters. The van der Waals surface area contributed by atoms with Crippen LogP contribution < -0.4 is 10.6 Å². The molecule has 0 saturated carbocycles. The van der Waals surface area contributed by atoms with Crippen LogP contribution in [-0.2, 0) is 17.8 Å². The Labute approximate surface area is 168 Å². The van der Waals surface area contributed by atoms with E-state index in [9.17, 15) is 9.59 Å². The number of carbonyl (C=O) groups is 2. The zero-order valence-electron chi connectivity index (χ0n) is 16.5. The van der Waals surface area contributed by atoms with E-state index in [0.29, 0.717) is 43.2 Å². The van der Waals surface area contributed by atoms with E-state index >= 15 is 0 Å². The number of nitrogens with zero attached hydrogens (tertiary/aromatic N) is 2. The number of rotatable bonds is 9. The second-order valence-corrected chi connectivity index (χ2v) is 6.96. The highest BCUT2D eigenvalue weighted by molar-refractivity contribution is 6.02. The van der Waals surface area contributed by atoms with Crippen LogP contribution in [0.4, 0.5) is 5.69 Å². The van der Waals surface area contributed by atoms with E-state index in [2.05, 4.69) is 20.8 Å². The molecular weight excluding hydrogens is 372 g/mol. The molecule has 1 aromatic carbocycles. The molecule has 2 N–H and O–H groups in total. The van der Waals surface area contributed by atoms with Crippen molar-refractivity contribution in [1.29, 1.82) is 0 Å². The van der Waals surface area contributed by atoms with Gasteiger partial charge >= 0.3 is 0 Å². The van der Waals surface area contributed by atoms with Crippen molar-refractivity contribution in [2.45, 2.75) is 45.6 Å². The summed E-state index contributed by atoms with van der Waals surface area (Å²) < 4.78 is 10.2. The molecule has 0 fully saturated rings. The van der Waals surface area contributed by atoms with E-state index in [-0.39, 0.29) is 23.5 Å². The molecule has 0 saturated heterocycles. The third-order valence-electron chi connectivity index (χ3n) is 4.21. The van der Waals surface area contributed by atoms with Crippen LogP contribution in [0.15, 0.2) is 51.6 Å². The number of amides is 2. The number of aromatic nitrogens is 2. The molecule has 0 aliphatic carbocycles. The number of benzene rings is 1. The van der Waals surface area contributed by atoms with E-state index < -0.39 is 0 Å². The van der Waals surface area contributed by atoms with Gasteiger partial charge < -0.3 is 19.6 Å². The van der Waals surface area contributed by atoms with E-state index in [0.717, 1.165) is 5.56 Å². The molecule has 8 heteroatoms. The normalized spacial score (nSPS) is 10.9. The Morgan fingerprint density at radius 1 is 1.17 bits per heavy atom. The molecule has 0 bridgehead atoms. The third kappa shape index (κ3) is 6.03. The van der Waals surface area contributed by atoms with E-state index in [1.807, 2.05) is 32.0 Å². The molecule has 0 radical (unpaired) electrons. The predicted molar refractivity (Wildman–Crippen MR) is 106 cm³/mol. The van der Waals surface area contributed by atoms with Gasteiger partial charge in [0.1, 0.15) is 0 Å². The fourth-order valence-electron chi connectivity index (χ4n) is 2.65. The van der Waals surface area contributed by atoms with Gasteiger partial charge in [0.2, 0.25) is 11.8 Å². The van der Waals surface area contributed by atoms with Crippen molar-refractivity contribution < 1.29 is 18.5 Å². The largest absolute Gasteiger partial charge is 0.459 e. The van der Waals surface area contributed by atoms with Crippen molar-refractivity contribution in [1.82, 2.24) is 15.5 Å². The number of anilines is 1. The van der Waals surface area contributed by atoms with E-state index in [1.54, 1.807) is 18.2 Å². The second kappa shape index (κ2) is 9.68. The van der Waals surface area contributed by atoms with Crippen molar-refractivity contribution in [3.05, 3.63) is 65.7 Å². The highest BCUT2D eigenvalue weighted by atomic mass is 16.5. The Balaban J connectivity index is 1.42. The van der Waals surface area contributed by atoms with Crippen molar-refractivity contribution in [3.8, 4) is 0 Å². The monoisotopic (exact) mass is 396 g/mol. The topological polar surface area (TPSA) is 110 Å². The van der Waals surface area contributed by atoms with Gasteiger partial charge in [-0.2, -0.15) is 4.98 Å². The number of hydrogen-bond acceptors (Lipinski definition) is 6. The molecule has 0 atom stereocenters. The molecule has 0 aliphatic rings. The van der Waals surface area contributed by atoms with Gasteiger partial charge in [-0.05, 0) is 36.2 Å². The number of hydrogen-bond donors (Lipinski definition) is 2. The Morgan fingerprint density at radius 3 is 2.76 bits per heavy atom. The molecule has 2 amide bonds. The van der Waals surface area contributed by atoms with E-state index in [1.165, 1.54) is 6.26 Å². The maximum Gasteiger partial charge on any atom is 0.291 e. The highest BCUT2D eigenvalue weighted by Gasteiger charge is 2.11. The molecule has 0 aliphatic heterocycles. The molecule has 2 aromatic heterocycles. The summed E-state index contributed by atoms with van der Waals surface area (Å²) in [5.41, 5.74) is 1.52. The fraction of sp³-hybridized carbons (Fsp3) is 0.333. The SMILES string of the molecule is CC(C)c1noc(CCCC(=O)NCc2cccc(NC(=O)c3ccco3)c2)n1. The Kier molecular flexibility index (Phi) is 6.78. The van der Waals surface area contributed by atoms with Crippen LogP contribution in [-0.4, -0.2) is 22.0 Å². The first-order valence-corrected chi connectivity index (χ1v) is 9.54. The zero-order chi connectivity index (χ0) is 20.6. The minimum absolute atomic E-state index is 0.0568. The van der Waals surface area contributed by atoms with Crippen LogP contribution in [0.1, 0.15) is 60.4 Å². The summed E-state index contributed by atoms with van der Waals surface area (Å²) >= 11 is 0. The second-order valence-electron chi connectivity index (χ2n) is 6.96. The number of carbonyl (C=O) groups excluding carboxylic acids is 2. The number of nitrogens with one attached hydrogen (secondary N) is 2.